The van der Waals surface area contributed by atoms with Gasteiger partial charge in [0, 0.05) is 11.8 Å². The number of anilines is 2. The van der Waals surface area contributed by atoms with E-state index in [1.165, 1.54) is 0 Å². The third-order valence-corrected chi connectivity index (χ3v) is 1.94. The summed E-state index contributed by atoms with van der Waals surface area (Å²) in [4.78, 5) is 3.10. The number of hydrogen-bond donors (Lipinski definition) is 2. The quantitative estimate of drug-likeness (QED) is 0.761. The number of nitrogens with zero attached hydrogens (tertiary/aromatic N) is 1. The molecule has 0 aliphatic carbocycles. The molecule has 0 radical (unpaired) electrons. The normalized spacial score (nSPS) is 12.8. The van der Waals surface area contributed by atoms with Gasteiger partial charge in [0.2, 0.25) is 0 Å². The van der Waals surface area contributed by atoms with Gasteiger partial charge in [-0.1, -0.05) is 0 Å². The van der Waals surface area contributed by atoms with Crippen LogP contribution in [0.15, 0.2) is 6.20 Å². The molecule has 1 aromatic rings. The summed E-state index contributed by atoms with van der Waals surface area (Å²) in [7, 11) is 0. The van der Waals surface area contributed by atoms with Crippen molar-refractivity contribution in [3.05, 3.63) is 17.3 Å². The van der Waals surface area contributed by atoms with Crippen LogP contribution < -0.4 is 11.5 Å². The van der Waals surface area contributed by atoms with Crippen LogP contribution in [0.5, 0.6) is 0 Å². The molecule has 1 aromatic heterocycles. The summed E-state index contributed by atoms with van der Waals surface area (Å²) in [6.45, 7) is 0. The average molecular weight is 259 g/mol. The predicted molar refractivity (Wildman–Crippen MR) is 47.8 cm³/mol. The van der Waals surface area contributed by atoms with E-state index in [4.69, 9.17) is 11.5 Å². The van der Waals surface area contributed by atoms with Crippen LogP contribution in [0.4, 0.5) is 37.8 Å². The summed E-state index contributed by atoms with van der Waals surface area (Å²) in [5, 5.41) is 0. The van der Waals surface area contributed by atoms with E-state index in [1.54, 1.807) is 0 Å². The highest BCUT2D eigenvalue weighted by Gasteiger charge is 2.39. The van der Waals surface area contributed by atoms with Gasteiger partial charge >= 0.3 is 12.4 Å². The lowest BCUT2D eigenvalue weighted by molar-refractivity contribution is -0.143. The molecule has 0 saturated carbocycles. The smallest absolute Gasteiger partial charge is 0.396 e. The molecule has 17 heavy (non-hydrogen) atoms. The lowest BCUT2D eigenvalue weighted by Crippen LogP contribution is -2.20. The Hall–Kier alpha value is -1.67. The van der Waals surface area contributed by atoms with Crippen molar-refractivity contribution in [3.63, 3.8) is 0 Å². The minimum atomic E-state index is -4.96. The van der Waals surface area contributed by atoms with Gasteiger partial charge in [-0.25, -0.2) is 4.98 Å². The van der Waals surface area contributed by atoms with E-state index in [0.717, 1.165) is 0 Å². The van der Waals surface area contributed by atoms with Crippen molar-refractivity contribution >= 4 is 11.5 Å². The number of nitrogen functional groups attached to an aromatic ring is 2. The van der Waals surface area contributed by atoms with Crippen molar-refractivity contribution in [1.82, 2.24) is 4.98 Å². The summed E-state index contributed by atoms with van der Waals surface area (Å²) in [6.07, 6.45) is -11.3. The third-order valence-electron chi connectivity index (χ3n) is 1.94. The molecule has 0 saturated heterocycles. The van der Waals surface area contributed by atoms with Gasteiger partial charge < -0.3 is 11.5 Å². The maximum absolute atomic E-state index is 12.4. The zero-order chi connectivity index (χ0) is 13.4. The largest absolute Gasteiger partial charge is 0.418 e. The Kier molecular flexibility index (Phi) is 3.13. The highest BCUT2D eigenvalue weighted by molar-refractivity contribution is 5.65. The highest BCUT2D eigenvalue weighted by atomic mass is 19.4. The van der Waals surface area contributed by atoms with E-state index >= 15 is 0 Å². The molecule has 1 heterocycles. The minimum absolute atomic E-state index is 0.243. The topological polar surface area (TPSA) is 64.9 Å². The lowest BCUT2D eigenvalue weighted by Gasteiger charge is -2.16. The second-order valence-corrected chi connectivity index (χ2v) is 3.24. The molecule has 0 unspecified atom stereocenters. The number of alkyl halides is 6. The van der Waals surface area contributed by atoms with Crippen LogP contribution in [0.3, 0.4) is 0 Å². The van der Waals surface area contributed by atoms with Crippen LogP contribution in [0.1, 0.15) is 11.1 Å². The van der Waals surface area contributed by atoms with E-state index < -0.39 is 41.4 Å². The second-order valence-electron chi connectivity index (χ2n) is 3.24. The summed E-state index contributed by atoms with van der Waals surface area (Å²) < 4.78 is 73.7. The maximum Gasteiger partial charge on any atom is 0.418 e. The molecule has 0 amide bonds. The molecule has 4 N–H and O–H groups in total. The van der Waals surface area contributed by atoms with Gasteiger partial charge in [-0.3, -0.25) is 0 Å². The monoisotopic (exact) mass is 259 g/mol. The SMILES string of the molecule is Nc1ncc(C(F)(F)F)c(CC(F)(F)F)c1N. The number of halogens is 6. The first-order chi connectivity index (χ1) is 7.52. The minimum Gasteiger partial charge on any atom is -0.396 e. The van der Waals surface area contributed by atoms with Crippen molar-refractivity contribution in [3.8, 4) is 0 Å². The van der Waals surface area contributed by atoms with Crippen molar-refractivity contribution < 1.29 is 26.3 Å². The molecule has 1 rings (SSSR count). The van der Waals surface area contributed by atoms with Crippen molar-refractivity contribution in [2.75, 3.05) is 11.5 Å². The van der Waals surface area contributed by atoms with Crippen molar-refractivity contribution in [2.24, 2.45) is 0 Å². The van der Waals surface area contributed by atoms with Crippen molar-refractivity contribution in [1.29, 1.82) is 0 Å². The predicted octanol–water partition coefficient (Wildman–Crippen LogP) is 2.37. The number of pyridine rings is 1. The molecule has 0 fully saturated rings. The van der Waals surface area contributed by atoms with Crippen molar-refractivity contribution in [2.45, 2.75) is 18.8 Å². The van der Waals surface area contributed by atoms with Crippen LogP contribution in [0.2, 0.25) is 0 Å². The Labute approximate surface area is 91.4 Å². The molecular weight excluding hydrogens is 252 g/mol. The molecule has 9 heteroatoms. The zero-order valence-electron chi connectivity index (χ0n) is 8.15. The molecule has 0 spiro atoms. The van der Waals surface area contributed by atoms with E-state index in [0.29, 0.717) is 0 Å². The van der Waals surface area contributed by atoms with Gasteiger partial charge in [0.25, 0.3) is 0 Å². The second kappa shape index (κ2) is 3.97. The fourth-order valence-electron chi connectivity index (χ4n) is 1.22. The summed E-state index contributed by atoms with van der Waals surface area (Å²) in [5.74, 6) is -0.558. The first-order valence-corrected chi connectivity index (χ1v) is 4.19. The lowest BCUT2D eigenvalue weighted by atomic mass is 10.0. The van der Waals surface area contributed by atoms with Gasteiger partial charge in [0.05, 0.1) is 17.7 Å². The molecule has 3 nitrogen and oxygen atoms in total. The maximum atomic E-state index is 12.4. The number of hydrogen-bond acceptors (Lipinski definition) is 3. The van der Waals surface area contributed by atoms with Gasteiger partial charge in [-0.15, -0.1) is 0 Å². The molecule has 0 aliphatic heterocycles. The number of rotatable bonds is 1. The van der Waals surface area contributed by atoms with Gasteiger partial charge in [-0.2, -0.15) is 26.3 Å². The van der Waals surface area contributed by atoms with E-state index in [1.807, 2.05) is 0 Å². The highest BCUT2D eigenvalue weighted by Crippen LogP contribution is 2.38. The molecule has 0 aliphatic rings. The summed E-state index contributed by atoms with van der Waals surface area (Å²) in [6, 6.07) is 0. The van der Waals surface area contributed by atoms with Crippen LogP contribution in [-0.4, -0.2) is 11.2 Å². The Bertz CT molecular complexity index is 422. The van der Waals surface area contributed by atoms with Crippen LogP contribution in [0.25, 0.3) is 0 Å². The van der Waals surface area contributed by atoms with Gasteiger partial charge in [0.1, 0.15) is 5.82 Å². The molecular formula is C8H7F6N3. The van der Waals surface area contributed by atoms with Crippen LogP contribution in [-0.2, 0) is 12.6 Å². The first kappa shape index (κ1) is 13.4. The molecule has 0 bridgehead atoms. The summed E-state index contributed by atoms with van der Waals surface area (Å²) >= 11 is 0. The fourth-order valence-corrected chi connectivity index (χ4v) is 1.22. The number of aromatic nitrogens is 1. The fraction of sp³-hybridized carbons (Fsp3) is 0.375. The van der Waals surface area contributed by atoms with Gasteiger partial charge in [0.15, 0.2) is 0 Å². The third kappa shape index (κ3) is 3.14. The number of nitrogens with two attached hydrogens (primary N) is 2. The standard InChI is InChI=1S/C8H7F6N3/c9-7(10,11)1-3-4(8(12,13)14)2-17-6(16)5(3)15/h2H,1,15H2,(H2,16,17). The van der Waals surface area contributed by atoms with Gasteiger partial charge in [-0.05, 0) is 0 Å². The van der Waals surface area contributed by atoms with E-state index in [2.05, 4.69) is 4.98 Å². The molecule has 0 aromatic carbocycles. The van der Waals surface area contributed by atoms with E-state index in [-0.39, 0.29) is 6.20 Å². The Morgan fingerprint density at radius 3 is 2.00 bits per heavy atom. The van der Waals surface area contributed by atoms with Crippen LogP contribution in [0, 0.1) is 0 Å². The first-order valence-electron chi connectivity index (χ1n) is 4.19. The van der Waals surface area contributed by atoms with Crippen LogP contribution >= 0.6 is 0 Å². The average Bonchev–Trinajstić information content (AvgIpc) is 2.08. The Balaban J connectivity index is 3.37. The summed E-state index contributed by atoms with van der Waals surface area (Å²) in [5.41, 5.74) is 6.76. The Morgan fingerprint density at radius 1 is 1.06 bits per heavy atom. The van der Waals surface area contributed by atoms with E-state index in [9.17, 15) is 26.3 Å². The molecule has 0 atom stereocenters. The Morgan fingerprint density at radius 2 is 1.59 bits per heavy atom. The molecule has 96 valence electrons. The zero-order valence-corrected chi connectivity index (χ0v) is 8.15.